The molecule has 1 atom stereocenters. The van der Waals surface area contributed by atoms with E-state index in [0.717, 1.165) is 0 Å². The summed E-state index contributed by atoms with van der Waals surface area (Å²) in [6.07, 6.45) is 4.77. The van der Waals surface area contributed by atoms with Gasteiger partial charge in [0.15, 0.2) is 0 Å². The fourth-order valence-corrected chi connectivity index (χ4v) is 2.07. The summed E-state index contributed by atoms with van der Waals surface area (Å²) in [5.74, 6) is -0.257. The first-order valence-corrected chi connectivity index (χ1v) is 7.18. The van der Waals surface area contributed by atoms with E-state index in [-0.39, 0.29) is 5.91 Å². The molecule has 0 spiro atoms. The number of aromatic nitrogens is 3. The molecule has 0 aliphatic rings. The molecule has 2 rings (SSSR count). The minimum atomic E-state index is -0.581. The van der Waals surface area contributed by atoms with Crippen LogP contribution in [0, 0.1) is 0 Å². The maximum Gasteiger partial charge on any atom is 0.253 e. The van der Waals surface area contributed by atoms with Crippen molar-refractivity contribution in [2.24, 2.45) is 0 Å². The van der Waals surface area contributed by atoms with Gasteiger partial charge in [0.25, 0.3) is 5.91 Å². The number of ether oxygens (including phenoxy) is 1. The molecule has 1 N–H and O–H groups in total. The van der Waals surface area contributed by atoms with E-state index in [9.17, 15) is 4.79 Å². The Kier molecular flexibility index (Phi) is 5.68. The smallest absolute Gasteiger partial charge is 0.253 e. The van der Waals surface area contributed by atoms with Gasteiger partial charge in [0.2, 0.25) is 0 Å². The van der Waals surface area contributed by atoms with Crippen molar-refractivity contribution in [3.8, 4) is 5.69 Å². The van der Waals surface area contributed by atoms with E-state index in [1.54, 1.807) is 31.2 Å². The Morgan fingerprint density at radius 2 is 2.41 bits per heavy atom. The van der Waals surface area contributed by atoms with Gasteiger partial charge in [0.1, 0.15) is 24.4 Å². The van der Waals surface area contributed by atoms with Gasteiger partial charge in [-0.2, -0.15) is 5.10 Å². The number of hydrogen-bond acceptors (Lipinski definition) is 4. The Morgan fingerprint density at radius 3 is 3.09 bits per heavy atom. The molecule has 0 saturated heterocycles. The fourth-order valence-electron chi connectivity index (χ4n) is 1.81. The summed E-state index contributed by atoms with van der Waals surface area (Å²) in [6.45, 7) is 5.75. The van der Waals surface area contributed by atoms with Gasteiger partial charge >= 0.3 is 0 Å². The van der Waals surface area contributed by atoms with Crippen LogP contribution in [0.2, 0.25) is 5.02 Å². The molecule has 1 heterocycles. The largest absolute Gasteiger partial charge is 0.368 e. The average molecular weight is 321 g/mol. The Morgan fingerprint density at radius 1 is 1.59 bits per heavy atom. The van der Waals surface area contributed by atoms with E-state index in [2.05, 4.69) is 22.0 Å². The Balaban J connectivity index is 2.14. The second kappa shape index (κ2) is 7.72. The average Bonchev–Trinajstić information content (AvgIpc) is 3.01. The van der Waals surface area contributed by atoms with E-state index >= 15 is 0 Å². The normalized spacial score (nSPS) is 11.9. The molecule has 0 saturated carbocycles. The van der Waals surface area contributed by atoms with E-state index in [1.165, 1.54) is 17.3 Å². The molecule has 7 heteroatoms. The van der Waals surface area contributed by atoms with Crippen LogP contribution >= 0.6 is 11.6 Å². The molecule has 1 amide bonds. The van der Waals surface area contributed by atoms with Crippen molar-refractivity contribution in [2.75, 3.05) is 11.9 Å². The molecule has 0 radical (unpaired) electrons. The van der Waals surface area contributed by atoms with Crippen LogP contribution in [0.15, 0.2) is 43.5 Å². The summed E-state index contributed by atoms with van der Waals surface area (Å²) in [6, 6.07) is 5.22. The first kappa shape index (κ1) is 16.2. The van der Waals surface area contributed by atoms with Gasteiger partial charge in [-0.05, 0) is 25.5 Å². The van der Waals surface area contributed by atoms with Gasteiger partial charge < -0.3 is 10.1 Å². The SMILES string of the molecule is C=CCCOC(C)C(=O)Nc1cccc(Cl)c1-n1cncn1. The molecule has 0 aliphatic heterocycles. The van der Waals surface area contributed by atoms with Crippen LogP contribution in [-0.4, -0.2) is 33.4 Å². The van der Waals surface area contributed by atoms with Crippen LogP contribution in [0.5, 0.6) is 0 Å². The lowest BCUT2D eigenvalue weighted by Gasteiger charge is -2.16. The van der Waals surface area contributed by atoms with Crippen molar-refractivity contribution in [3.63, 3.8) is 0 Å². The second-order valence-electron chi connectivity index (χ2n) is 4.56. The highest BCUT2D eigenvalue weighted by Crippen LogP contribution is 2.27. The molecule has 22 heavy (non-hydrogen) atoms. The first-order chi connectivity index (χ1) is 10.6. The molecule has 1 aromatic heterocycles. The zero-order valence-electron chi connectivity index (χ0n) is 12.2. The number of nitrogens with zero attached hydrogens (tertiary/aromatic N) is 3. The quantitative estimate of drug-likeness (QED) is 0.629. The number of carbonyl (C=O) groups is 1. The zero-order valence-corrected chi connectivity index (χ0v) is 13.0. The number of carbonyl (C=O) groups excluding carboxylic acids is 1. The van der Waals surface area contributed by atoms with Crippen molar-refractivity contribution in [1.29, 1.82) is 0 Å². The summed E-state index contributed by atoms with van der Waals surface area (Å²) in [4.78, 5) is 16.1. The van der Waals surface area contributed by atoms with E-state index in [0.29, 0.717) is 29.4 Å². The number of anilines is 1. The maximum absolute atomic E-state index is 12.2. The number of hydrogen-bond donors (Lipinski definition) is 1. The standard InChI is InChI=1S/C15H17ClN4O2/c1-3-4-8-22-11(2)15(21)19-13-7-5-6-12(16)14(13)20-10-17-9-18-20/h3,5-7,9-11H,1,4,8H2,2H3,(H,19,21). The van der Waals surface area contributed by atoms with Gasteiger partial charge in [-0.25, -0.2) is 9.67 Å². The second-order valence-corrected chi connectivity index (χ2v) is 4.96. The van der Waals surface area contributed by atoms with E-state index in [1.807, 2.05) is 0 Å². The van der Waals surface area contributed by atoms with Crippen molar-refractivity contribution in [3.05, 3.63) is 48.5 Å². The van der Waals surface area contributed by atoms with Gasteiger partial charge in [0, 0.05) is 0 Å². The van der Waals surface area contributed by atoms with Crippen LogP contribution in [0.3, 0.4) is 0 Å². The molecule has 6 nitrogen and oxygen atoms in total. The third-order valence-electron chi connectivity index (χ3n) is 2.95. The predicted molar refractivity (Wildman–Crippen MR) is 85.2 cm³/mol. The van der Waals surface area contributed by atoms with Crippen LogP contribution in [0.25, 0.3) is 5.69 Å². The van der Waals surface area contributed by atoms with Crippen molar-refractivity contribution >= 4 is 23.2 Å². The summed E-state index contributed by atoms with van der Waals surface area (Å²) >= 11 is 6.20. The number of para-hydroxylation sites is 1. The fraction of sp³-hybridized carbons (Fsp3) is 0.267. The molecule has 1 unspecified atom stereocenters. The minimum Gasteiger partial charge on any atom is -0.368 e. The van der Waals surface area contributed by atoms with E-state index < -0.39 is 6.10 Å². The summed E-state index contributed by atoms with van der Waals surface area (Å²) in [5.41, 5.74) is 1.11. The molecule has 2 aromatic rings. The Bertz CT molecular complexity index is 643. The summed E-state index contributed by atoms with van der Waals surface area (Å²) in [7, 11) is 0. The van der Waals surface area contributed by atoms with Crippen molar-refractivity contribution < 1.29 is 9.53 Å². The number of nitrogens with one attached hydrogen (secondary N) is 1. The lowest BCUT2D eigenvalue weighted by atomic mass is 10.2. The van der Waals surface area contributed by atoms with Crippen molar-refractivity contribution in [2.45, 2.75) is 19.4 Å². The lowest BCUT2D eigenvalue weighted by Crippen LogP contribution is -2.28. The molecular weight excluding hydrogens is 304 g/mol. The lowest BCUT2D eigenvalue weighted by molar-refractivity contribution is -0.126. The van der Waals surface area contributed by atoms with Crippen LogP contribution in [0.4, 0.5) is 5.69 Å². The topological polar surface area (TPSA) is 69.0 Å². The highest BCUT2D eigenvalue weighted by Gasteiger charge is 2.17. The first-order valence-electron chi connectivity index (χ1n) is 6.80. The third-order valence-corrected chi connectivity index (χ3v) is 3.26. The van der Waals surface area contributed by atoms with Crippen LogP contribution < -0.4 is 5.32 Å². The zero-order chi connectivity index (χ0) is 15.9. The number of rotatable bonds is 7. The molecule has 116 valence electrons. The van der Waals surface area contributed by atoms with E-state index in [4.69, 9.17) is 16.3 Å². The number of halogens is 1. The Labute approximate surface area is 133 Å². The molecule has 0 bridgehead atoms. The van der Waals surface area contributed by atoms with Gasteiger partial charge in [0.05, 0.1) is 17.3 Å². The maximum atomic E-state index is 12.2. The summed E-state index contributed by atoms with van der Waals surface area (Å²) < 4.78 is 6.93. The van der Waals surface area contributed by atoms with Crippen molar-refractivity contribution in [1.82, 2.24) is 14.8 Å². The molecule has 0 fully saturated rings. The van der Waals surface area contributed by atoms with Gasteiger partial charge in [-0.3, -0.25) is 4.79 Å². The molecule has 1 aromatic carbocycles. The Hall–Kier alpha value is -2.18. The van der Waals surface area contributed by atoms with Crippen LogP contribution in [-0.2, 0) is 9.53 Å². The third kappa shape index (κ3) is 3.93. The van der Waals surface area contributed by atoms with Gasteiger partial charge in [-0.15, -0.1) is 6.58 Å². The molecular formula is C15H17ClN4O2. The summed E-state index contributed by atoms with van der Waals surface area (Å²) in [5, 5.41) is 7.31. The van der Waals surface area contributed by atoms with Crippen LogP contribution in [0.1, 0.15) is 13.3 Å². The minimum absolute atomic E-state index is 0.257. The highest BCUT2D eigenvalue weighted by molar-refractivity contribution is 6.33. The number of amides is 1. The highest BCUT2D eigenvalue weighted by atomic mass is 35.5. The molecule has 0 aliphatic carbocycles. The number of benzene rings is 1. The predicted octanol–water partition coefficient (Wildman–Crippen LogP) is 2.84. The van der Waals surface area contributed by atoms with Gasteiger partial charge in [-0.1, -0.05) is 23.7 Å². The monoisotopic (exact) mass is 320 g/mol.